The average Bonchev–Trinajstić information content (AvgIpc) is 2.43. The number of hydrogen-bond donors (Lipinski definition) is 2. The van der Waals surface area contributed by atoms with E-state index in [1.165, 1.54) is 11.8 Å². The van der Waals surface area contributed by atoms with Crippen molar-refractivity contribution < 1.29 is 5.11 Å². The summed E-state index contributed by atoms with van der Waals surface area (Å²) in [5.41, 5.74) is 5.44. The van der Waals surface area contributed by atoms with Crippen LogP contribution in [-0.2, 0) is 13.6 Å². The predicted molar refractivity (Wildman–Crippen MR) is 51.3 cm³/mol. The van der Waals surface area contributed by atoms with E-state index in [0.29, 0.717) is 12.3 Å². The summed E-state index contributed by atoms with van der Waals surface area (Å²) in [5, 5.41) is 17.7. The fourth-order valence-corrected chi connectivity index (χ4v) is 1.63. The van der Waals surface area contributed by atoms with E-state index < -0.39 is 0 Å². The van der Waals surface area contributed by atoms with Crippen molar-refractivity contribution in [3.63, 3.8) is 0 Å². The van der Waals surface area contributed by atoms with Crippen molar-refractivity contribution >= 4 is 11.8 Å². The van der Waals surface area contributed by atoms with Gasteiger partial charge >= 0.3 is 0 Å². The van der Waals surface area contributed by atoms with Crippen molar-refractivity contribution in [2.75, 3.05) is 5.75 Å². The third kappa shape index (κ3) is 2.68. The van der Waals surface area contributed by atoms with E-state index in [1.54, 1.807) is 6.92 Å². The first-order valence-corrected chi connectivity index (χ1v) is 5.03. The van der Waals surface area contributed by atoms with Gasteiger partial charge in [0.25, 0.3) is 0 Å². The molecule has 6 heteroatoms. The molecule has 1 rings (SSSR count). The first-order valence-electron chi connectivity index (χ1n) is 4.04. The molecular formula is C7H14N4OS. The molecule has 0 aliphatic heterocycles. The topological polar surface area (TPSA) is 77.0 Å². The van der Waals surface area contributed by atoms with E-state index in [2.05, 4.69) is 10.2 Å². The number of aromatic nitrogens is 3. The molecule has 1 atom stereocenters. The van der Waals surface area contributed by atoms with Gasteiger partial charge in [-0.1, -0.05) is 11.8 Å². The largest absolute Gasteiger partial charge is 0.393 e. The second-order valence-electron chi connectivity index (χ2n) is 2.82. The fraction of sp³-hybridized carbons (Fsp3) is 0.714. The molecule has 1 aromatic heterocycles. The maximum atomic E-state index is 9.07. The molecular weight excluding hydrogens is 188 g/mol. The lowest BCUT2D eigenvalue weighted by Crippen LogP contribution is -2.07. The SMILES string of the molecule is CC(O)CSc1nnc(CN)n1C. The molecule has 1 unspecified atom stereocenters. The van der Waals surface area contributed by atoms with Gasteiger partial charge in [0.05, 0.1) is 12.6 Å². The highest BCUT2D eigenvalue weighted by Gasteiger charge is 2.08. The van der Waals surface area contributed by atoms with Crippen molar-refractivity contribution in [1.82, 2.24) is 14.8 Å². The quantitative estimate of drug-likeness (QED) is 0.658. The van der Waals surface area contributed by atoms with Crippen molar-refractivity contribution in [2.24, 2.45) is 12.8 Å². The minimum Gasteiger partial charge on any atom is -0.393 e. The van der Waals surface area contributed by atoms with Crippen molar-refractivity contribution in [1.29, 1.82) is 0 Å². The van der Waals surface area contributed by atoms with Gasteiger partial charge in [-0.2, -0.15) is 0 Å². The maximum absolute atomic E-state index is 9.07. The standard InChI is InChI=1S/C7H14N4OS/c1-5(12)4-13-7-10-9-6(3-8)11(7)2/h5,12H,3-4,8H2,1-2H3. The molecule has 0 radical (unpaired) electrons. The number of aliphatic hydroxyl groups is 1. The van der Waals surface area contributed by atoms with Crippen LogP contribution in [0.3, 0.4) is 0 Å². The van der Waals surface area contributed by atoms with Gasteiger partial charge in [0.15, 0.2) is 5.16 Å². The average molecular weight is 202 g/mol. The molecule has 0 fully saturated rings. The Bertz CT molecular complexity index is 273. The second-order valence-corrected chi connectivity index (χ2v) is 3.81. The summed E-state index contributed by atoms with van der Waals surface area (Å²) in [4.78, 5) is 0. The van der Waals surface area contributed by atoms with Gasteiger partial charge < -0.3 is 15.4 Å². The summed E-state index contributed by atoms with van der Waals surface area (Å²) in [6.45, 7) is 2.13. The van der Waals surface area contributed by atoms with Crippen LogP contribution in [0.2, 0.25) is 0 Å². The van der Waals surface area contributed by atoms with Crippen molar-refractivity contribution in [2.45, 2.75) is 24.7 Å². The Kier molecular flexibility index (Phi) is 3.71. The zero-order valence-corrected chi connectivity index (χ0v) is 8.58. The third-order valence-electron chi connectivity index (χ3n) is 1.56. The first-order chi connectivity index (χ1) is 6.15. The van der Waals surface area contributed by atoms with Crippen LogP contribution >= 0.6 is 11.8 Å². The van der Waals surface area contributed by atoms with E-state index in [9.17, 15) is 0 Å². The van der Waals surface area contributed by atoms with E-state index in [4.69, 9.17) is 10.8 Å². The highest BCUT2D eigenvalue weighted by atomic mass is 32.2. The molecule has 0 amide bonds. The Labute approximate surface area is 81.3 Å². The Morgan fingerprint density at radius 1 is 1.62 bits per heavy atom. The van der Waals surface area contributed by atoms with Crippen LogP contribution in [0.1, 0.15) is 12.7 Å². The van der Waals surface area contributed by atoms with Crippen molar-refractivity contribution in [3.05, 3.63) is 5.82 Å². The third-order valence-corrected chi connectivity index (χ3v) is 2.82. The highest BCUT2D eigenvalue weighted by molar-refractivity contribution is 7.99. The van der Waals surface area contributed by atoms with Crippen LogP contribution in [-0.4, -0.2) is 31.7 Å². The lowest BCUT2D eigenvalue weighted by molar-refractivity contribution is 0.220. The summed E-state index contributed by atoms with van der Waals surface area (Å²) in [6, 6.07) is 0. The molecule has 1 heterocycles. The molecule has 0 spiro atoms. The van der Waals surface area contributed by atoms with Gasteiger partial charge in [-0.05, 0) is 6.92 Å². The molecule has 1 aromatic rings. The Hall–Kier alpha value is -0.590. The van der Waals surface area contributed by atoms with Crippen LogP contribution in [0.25, 0.3) is 0 Å². The summed E-state index contributed by atoms with van der Waals surface area (Å²) >= 11 is 1.48. The Morgan fingerprint density at radius 2 is 2.31 bits per heavy atom. The summed E-state index contributed by atoms with van der Waals surface area (Å²) in [7, 11) is 1.87. The lowest BCUT2D eigenvalue weighted by Gasteiger charge is -2.03. The number of nitrogens with two attached hydrogens (primary N) is 1. The van der Waals surface area contributed by atoms with Crippen LogP contribution in [0.15, 0.2) is 5.16 Å². The second kappa shape index (κ2) is 4.59. The molecule has 0 saturated carbocycles. The molecule has 0 saturated heterocycles. The highest BCUT2D eigenvalue weighted by Crippen LogP contribution is 2.15. The minimum absolute atomic E-state index is 0.331. The molecule has 0 aliphatic rings. The Morgan fingerprint density at radius 3 is 2.77 bits per heavy atom. The molecule has 3 N–H and O–H groups in total. The monoisotopic (exact) mass is 202 g/mol. The van der Waals surface area contributed by atoms with Crippen LogP contribution < -0.4 is 5.73 Å². The predicted octanol–water partition coefficient (Wildman–Crippen LogP) is -0.253. The van der Waals surface area contributed by atoms with Gasteiger partial charge in [0.1, 0.15) is 5.82 Å². The molecule has 13 heavy (non-hydrogen) atoms. The number of hydrogen-bond acceptors (Lipinski definition) is 5. The lowest BCUT2D eigenvalue weighted by atomic mass is 10.5. The van der Waals surface area contributed by atoms with Gasteiger partial charge in [-0.3, -0.25) is 0 Å². The van der Waals surface area contributed by atoms with E-state index in [0.717, 1.165) is 11.0 Å². The first kappa shape index (κ1) is 10.5. The van der Waals surface area contributed by atoms with E-state index in [-0.39, 0.29) is 6.10 Å². The smallest absolute Gasteiger partial charge is 0.191 e. The minimum atomic E-state index is -0.331. The number of rotatable bonds is 4. The van der Waals surface area contributed by atoms with Gasteiger partial charge in [0, 0.05) is 12.8 Å². The normalized spacial score (nSPS) is 13.2. The summed E-state index contributed by atoms with van der Waals surface area (Å²) < 4.78 is 1.84. The zero-order valence-electron chi connectivity index (χ0n) is 7.77. The molecule has 0 aromatic carbocycles. The van der Waals surface area contributed by atoms with E-state index >= 15 is 0 Å². The summed E-state index contributed by atoms with van der Waals surface area (Å²) in [6.07, 6.45) is -0.331. The molecule has 0 aliphatic carbocycles. The maximum Gasteiger partial charge on any atom is 0.191 e. The van der Waals surface area contributed by atoms with Gasteiger partial charge in [0.2, 0.25) is 0 Å². The van der Waals surface area contributed by atoms with Gasteiger partial charge in [-0.25, -0.2) is 0 Å². The molecule has 0 bridgehead atoms. The van der Waals surface area contributed by atoms with Crippen molar-refractivity contribution in [3.8, 4) is 0 Å². The zero-order chi connectivity index (χ0) is 9.84. The number of thioether (sulfide) groups is 1. The Balaban J connectivity index is 2.62. The molecule has 5 nitrogen and oxygen atoms in total. The van der Waals surface area contributed by atoms with Crippen LogP contribution in [0, 0.1) is 0 Å². The summed E-state index contributed by atoms with van der Waals surface area (Å²) in [5.74, 6) is 1.38. The van der Waals surface area contributed by atoms with E-state index in [1.807, 2.05) is 11.6 Å². The van der Waals surface area contributed by atoms with Gasteiger partial charge in [-0.15, -0.1) is 10.2 Å². The number of nitrogens with zero attached hydrogens (tertiary/aromatic N) is 3. The fourth-order valence-electron chi connectivity index (χ4n) is 0.844. The molecule has 74 valence electrons. The number of aliphatic hydroxyl groups excluding tert-OH is 1. The van der Waals surface area contributed by atoms with Crippen LogP contribution in [0.5, 0.6) is 0 Å². The van der Waals surface area contributed by atoms with Crippen LogP contribution in [0.4, 0.5) is 0 Å².